The Bertz CT molecular complexity index is 1060. The molecule has 0 unspecified atom stereocenters. The maximum Gasteiger partial charge on any atom is 0.254 e. The molecular formula is C25H24N2O2. The molecule has 4 rings (SSSR count). The van der Waals surface area contributed by atoms with E-state index in [-0.39, 0.29) is 11.8 Å². The summed E-state index contributed by atoms with van der Waals surface area (Å²) in [6, 6.07) is 23.2. The number of carbonyl (C=O) groups excluding carboxylic acids is 2. The van der Waals surface area contributed by atoms with Gasteiger partial charge >= 0.3 is 0 Å². The van der Waals surface area contributed by atoms with Gasteiger partial charge in [-0.3, -0.25) is 9.59 Å². The summed E-state index contributed by atoms with van der Waals surface area (Å²) in [5.41, 5.74) is 5.78. The van der Waals surface area contributed by atoms with E-state index < -0.39 is 0 Å². The lowest BCUT2D eigenvalue weighted by atomic mass is 9.99. The Labute approximate surface area is 171 Å². The number of hydrogen-bond donors (Lipinski definition) is 1. The number of rotatable bonds is 4. The van der Waals surface area contributed by atoms with Gasteiger partial charge in [0.1, 0.15) is 0 Å². The number of nitrogens with one attached hydrogen (secondary N) is 1. The molecule has 4 heteroatoms. The summed E-state index contributed by atoms with van der Waals surface area (Å²) in [4.78, 5) is 27.5. The molecule has 0 saturated carbocycles. The Morgan fingerprint density at radius 2 is 1.62 bits per heavy atom. The van der Waals surface area contributed by atoms with E-state index in [1.54, 1.807) is 24.3 Å². The number of aryl methyl sites for hydroxylation is 1. The van der Waals surface area contributed by atoms with Crippen LogP contribution in [0.1, 0.15) is 43.0 Å². The molecule has 4 nitrogen and oxygen atoms in total. The van der Waals surface area contributed by atoms with E-state index in [9.17, 15) is 9.59 Å². The van der Waals surface area contributed by atoms with Crippen molar-refractivity contribution in [2.24, 2.45) is 0 Å². The molecule has 146 valence electrons. The lowest BCUT2D eigenvalue weighted by Crippen LogP contribution is -2.36. The average molecular weight is 384 g/mol. The third-order valence-electron chi connectivity index (χ3n) is 5.49. The van der Waals surface area contributed by atoms with Gasteiger partial charge in [-0.25, -0.2) is 0 Å². The SMILES string of the molecule is Cc1ccccc1CNC(=O)c1cccc(C(=O)N2CCc3ccccc3C2)c1. The van der Waals surface area contributed by atoms with E-state index in [1.807, 2.05) is 48.2 Å². The lowest BCUT2D eigenvalue weighted by molar-refractivity contribution is 0.0734. The van der Waals surface area contributed by atoms with Gasteiger partial charge in [-0.1, -0.05) is 54.6 Å². The molecular weight excluding hydrogens is 360 g/mol. The third kappa shape index (κ3) is 4.21. The molecule has 3 aromatic carbocycles. The van der Waals surface area contributed by atoms with Crippen LogP contribution in [0.2, 0.25) is 0 Å². The average Bonchev–Trinajstić information content (AvgIpc) is 2.77. The molecule has 0 fully saturated rings. The number of carbonyl (C=O) groups is 2. The van der Waals surface area contributed by atoms with Crippen LogP contribution in [0.5, 0.6) is 0 Å². The van der Waals surface area contributed by atoms with E-state index in [1.165, 1.54) is 11.1 Å². The lowest BCUT2D eigenvalue weighted by Gasteiger charge is -2.29. The zero-order valence-electron chi connectivity index (χ0n) is 16.5. The van der Waals surface area contributed by atoms with Crippen LogP contribution in [0.25, 0.3) is 0 Å². The minimum atomic E-state index is -0.174. The first-order chi connectivity index (χ1) is 14.1. The van der Waals surface area contributed by atoms with Crippen molar-refractivity contribution in [1.82, 2.24) is 10.2 Å². The summed E-state index contributed by atoms with van der Waals surface area (Å²) in [5, 5.41) is 2.95. The summed E-state index contributed by atoms with van der Waals surface area (Å²) in [6.07, 6.45) is 0.860. The van der Waals surface area contributed by atoms with E-state index in [0.717, 1.165) is 17.5 Å². The number of amides is 2. The van der Waals surface area contributed by atoms with E-state index in [2.05, 4.69) is 17.4 Å². The van der Waals surface area contributed by atoms with Crippen molar-refractivity contribution in [3.8, 4) is 0 Å². The standard InChI is InChI=1S/C25H24N2O2/c1-18-7-2-3-9-22(18)16-26-24(28)20-11-6-12-21(15-20)25(29)27-14-13-19-8-4-5-10-23(19)17-27/h2-12,15H,13-14,16-17H2,1H3,(H,26,28). The fraction of sp³-hybridized carbons (Fsp3) is 0.200. The fourth-order valence-electron chi connectivity index (χ4n) is 3.73. The van der Waals surface area contributed by atoms with Crippen LogP contribution in [-0.2, 0) is 19.5 Å². The Kier molecular flexibility index (Phi) is 5.43. The third-order valence-corrected chi connectivity index (χ3v) is 5.49. The van der Waals surface area contributed by atoms with Crippen molar-refractivity contribution in [3.63, 3.8) is 0 Å². The second kappa shape index (κ2) is 8.31. The van der Waals surface area contributed by atoms with Gasteiger partial charge in [0.05, 0.1) is 0 Å². The molecule has 0 radical (unpaired) electrons. The maximum absolute atomic E-state index is 13.0. The monoisotopic (exact) mass is 384 g/mol. The minimum absolute atomic E-state index is 0.0342. The second-order valence-electron chi connectivity index (χ2n) is 7.44. The van der Waals surface area contributed by atoms with Gasteiger partial charge in [0.15, 0.2) is 0 Å². The Morgan fingerprint density at radius 1 is 0.897 bits per heavy atom. The topological polar surface area (TPSA) is 49.4 Å². The Balaban J connectivity index is 1.45. The Morgan fingerprint density at radius 3 is 2.45 bits per heavy atom. The smallest absolute Gasteiger partial charge is 0.254 e. The van der Waals surface area contributed by atoms with Gasteiger partial charge in [-0.05, 0) is 53.8 Å². The highest BCUT2D eigenvalue weighted by Crippen LogP contribution is 2.20. The van der Waals surface area contributed by atoms with Crippen molar-refractivity contribution in [2.75, 3.05) is 6.54 Å². The molecule has 0 spiro atoms. The molecule has 1 aliphatic rings. The van der Waals surface area contributed by atoms with E-state index in [0.29, 0.717) is 30.8 Å². The van der Waals surface area contributed by atoms with Crippen molar-refractivity contribution < 1.29 is 9.59 Å². The van der Waals surface area contributed by atoms with Crippen molar-refractivity contribution in [1.29, 1.82) is 0 Å². The van der Waals surface area contributed by atoms with Crippen LogP contribution >= 0.6 is 0 Å². The first-order valence-electron chi connectivity index (χ1n) is 9.90. The minimum Gasteiger partial charge on any atom is -0.348 e. The molecule has 1 aliphatic heterocycles. The van der Waals surface area contributed by atoms with Gasteiger partial charge in [0.2, 0.25) is 0 Å². The molecule has 2 amide bonds. The quantitative estimate of drug-likeness (QED) is 0.735. The fourth-order valence-corrected chi connectivity index (χ4v) is 3.73. The van der Waals surface area contributed by atoms with Crippen molar-refractivity contribution in [3.05, 3.63) is 106 Å². The van der Waals surface area contributed by atoms with Crippen LogP contribution in [0.3, 0.4) is 0 Å². The molecule has 1 heterocycles. The first kappa shape index (κ1) is 18.9. The van der Waals surface area contributed by atoms with Crippen LogP contribution in [0.15, 0.2) is 72.8 Å². The normalized spacial score (nSPS) is 12.9. The van der Waals surface area contributed by atoms with Gasteiger partial charge in [0, 0.05) is 30.8 Å². The van der Waals surface area contributed by atoms with Gasteiger partial charge in [0.25, 0.3) is 11.8 Å². The molecule has 0 bridgehead atoms. The molecule has 0 aliphatic carbocycles. The highest BCUT2D eigenvalue weighted by Gasteiger charge is 2.22. The van der Waals surface area contributed by atoms with Crippen LogP contribution in [0.4, 0.5) is 0 Å². The summed E-state index contributed by atoms with van der Waals surface area (Å²) < 4.78 is 0. The number of nitrogens with zero attached hydrogens (tertiary/aromatic N) is 1. The van der Waals surface area contributed by atoms with Gasteiger partial charge < -0.3 is 10.2 Å². The number of fused-ring (bicyclic) bond motifs is 1. The predicted octanol–water partition coefficient (Wildman–Crippen LogP) is 4.12. The molecule has 3 aromatic rings. The summed E-state index contributed by atoms with van der Waals surface area (Å²) >= 11 is 0. The van der Waals surface area contributed by atoms with Crippen LogP contribution < -0.4 is 5.32 Å². The van der Waals surface area contributed by atoms with E-state index >= 15 is 0 Å². The number of hydrogen-bond acceptors (Lipinski definition) is 2. The van der Waals surface area contributed by atoms with Crippen molar-refractivity contribution >= 4 is 11.8 Å². The van der Waals surface area contributed by atoms with Crippen LogP contribution in [-0.4, -0.2) is 23.3 Å². The molecule has 0 aromatic heterocycles. The highest BCUT2D eigenvalue weighted by atomic mass is 16.2. The first-order valence-corrected chi connectivity index (χ1v) is 9.90. The summed E-state index contributed by atoms with van der Waals surface area (Å²) in [5.74, 6) is -0.208. The summed E-state index contributed by atoms with van der Waals surface area (Å²) in [7, 11) is 0. The zero-order chi connectivity index (χ0) is 20.2. The maximum atomic E-state index is 13.0. The van der Waals surface area contributed by atoms with Crippen LogP contribution in [0, 0.1) is 6.92 Å². The van der Waals surface area contributed by atoms with Gasteiger partial charge in [-0.15, -0.1) is 0 Å². The molecule has 0 saturated heterocycles. The molecule has 29 heavy (non-hydrogen) atoms. The molecule has 1 N–H and O–H groups in total. The highest BCUT2D eigenvalue weighted by molar-refractivity contribution is 5.99. The number of benzene rings is 3. The van der Waals surface area contributed by atoms with E-state index in [4.69, 9.17) is 0 Å². The predicted molar refractivity (Wildman–Crippen MR) is 114 cm³/mol. The Hall–Kier alpha value is -3.40. The largest absolute Gasteiger partial charge is 0.348 e. The van der Waals surface area contributed by atoms with Gasteiger partial charge in [-0.2, -0.15) is 0 Å². The zero-order valence-corrected chi connectivity index (χ0v) is 16.5. The summed E-state index contributed by atoms with van der Waals surface area (Å²) in [6.45, 7) is 3.79. The second-order valence-corrected chi connectivity index (χ2v) is 7.44. The van der Waals surface area contributed by atoms with Crippen molar-refractivity contribution in [2.45, 2.75) is 26.4 Å². The molecule has 0 atom stereocenters.